The van der Waals surface area contributed by atoms with E-state index in [1.54, 1.807) is 17.8 Å². The summed E-state index contributed by atoms with van der Waals surface area (Å²) in [5.41, 5.74) is 3.07. The zero-order valence-corrected chi connectivity index (χ0v) is 13.0. The molecule has 3 nitrogen and oxygen atoms in total. The minimum atomic E-state index is 0.243. The number of aliphatic hydroxyl groups excluding tert-OH is 1. The third-order valence-corrected chi connectivity index (χ3v) is 4.24. The van der Waals surface area contributed by atoms with Gasteiger partial charge in [0, 0.05) is 35.1 Å². The summed E-state index contributed by atoms with van der Waals surface area (Å²) in [5, 5.41) is 21.9. The van der Waals surface area contributed by atoms with Crippen LogP contribution in [-0.2, 0) is 6.54 Å². The van der Waals surface area contributed by atoms with Crippen LogP contribution in [0.15, 0.2) is 47.4 Å². The van der Waals surface area contributed by atoms with E-state index in [2.05, 4.69) is 17.4 Å². The number of thioether (sulfide) groups is 1. The molecule has 0 amide bonds. The molecule has 4 heteroatoms. The summed E-state index contributed by atoms with van der Waals surface area (Å²) in [6, 6.07) is 13.8. The molecule has 0 bridgehead atoms. The molecule has 0 aliphatic rings. The van der Waals surface area contributed by atoms with Gasteiger partial charge in [-0.3, -0.25) is 0 Å². The molecule has 0 radical (unpaired) electrons. The van der Waals surface area contributed by atoms with Crippen molar-refractivity contribution in [2.75, 3.05) is 17.7 Å². The summed E-state index contributed by atoms with van der Waals surface area (Å²) in [7, 11) is 0. The number of hydrogen-bond acceptors (Lipinski definition) is 4. The Hall–Kier alpha value is -1.65. The van der Waals surface area contributed by atoms with E-state index in [1.807, 2.05) is 31.2 Å². The molecule has 0 spiro atoms. The molecule has 112 valence electrons. The number of aryl methyl sites for hydroxylation is 1. The van der Waals surface area contributed by atoms with Crippen LogP contribution in [0.25, 0.3) is 0 Å². The molecule has 2 rings (SSSR count). The Balaban J connectivity index is 1.90. The van der Waals surface area contributed by atoms with Crippen LogP contribution in [0.2, 0.25) is 0 Å². The summed E-state index contributed by atoms with van der Waals surface area (Å²) < 4.78 is 0. The van der Waals surface area contributed by atoms with Gasteiger partial charge in [-0.25, -0.2) is 0 Å². The largest absolute Gasteiger partial charge is 0.508 e. The molecule has 0 atom stereocenters. The topological polar surface area (TPSA) is 52.5 Å². The Morgan fingerprint density at radius 2 is 1.86 bits per heavy atom. The summed E-state index contributed by atoms with van der Waals surface area (Å²) in [4.78, 5) is 1.20. The number of aromatic hydroxyl groups is 1. The Labute approximate surface area is 130 Å². The first-order chi connectivity index (χ1) is 10.2. The van der Waals surface area contributed by atoms with Crippen molar-refractivity contribution in [3.8, 4) is 5.75 Å². The van der Waals surface area contributed by atoms with E-state index in [9.17, 15) is 5.11 Å². The van der Waals surface area contributed by atoms with Gasteiger partial charge < -0.3 is 15.5 Å². The predicted molar refractivity (Wildman–Crippen MR) is 89.0 cm³/mol. The average molecular weight is 303 g/mol. The fraction of sp³-hybridized carbons (Fsp3) is 0.294. The SMILES string of the molecule is Cc1ccc(O)c(CNc2ccc(SCCCO)cc2)c1. The molecule has 0 saturated heterocycles. The first kappa shape index (κ1) is 15.7. The van der Waals surface area contributed by atoms with E-state index in [4.69, 9.17) is 5.11 Å². The highest BCUT2D eigenvalue weighted by Crippen LogP contribution is 2.23. The lowest BCUT2D eigenvalue weighted by atomic mass is 10.1. The number of rotatable bonds is 7. The summed E-state index contributed by atoms with van der Waals surface area (Å²) >= 11 is 1.74. The third kappa shape index (κ3) is 4.99. The maximum Gasteiger partial charge on any atom is 0.120 e. The molecule has 3 N–H and O–H groups in total. The summed E-state index contributed by atoms with van der Waals surface area (Å²) in [5.74, 6) is 1.25. The number of hydrogen-bond donors (Lipinski definition) is 3. The molecule has 0 heterocycles. The molecular weight excluding hydrogens is 282 g/mol. The smallest absolute Gasteiger partial charge is 0.120 e. The number of benzene rings is 2. The third-order valence-electron chi connectivity index (χ3n) is 3.14. The molecule has 2 aromatic rings. The zero-order valence-electron chi connectivity index (χ0n) is 12.2. The van der Waals surface area contributed by atoms with Gasteiger partial charge in [0.05, 0.1) is 0 Å². The predicted octanol–water partition coefficient (Wildman–Crippen LogP) is 3.79. The lowest BCUT2D eigenvalue weighted by Gasteiger charge is -2.09. The molecule has 21 heavy (non-hydrogen) atoms. The van der Waals surface area contributed by atoms with Crippen LogP contribution in [-0.4, -0.2) is 22.6 Å². The number of nitrogens with one attached hydrogen (secondary N) is 1. The Morgan fingerprint density at radius 3 is 2.57 bits per heavy atom. The first-order valence-electron chi connectivity index (χ1n) is 7.05. The van der Waals surface area contributed by atoms with Crippen molar-refractivity contribution in [3.05, 3.63) is 53.6 Å². The maximum atomic E-state index is 9.81. The number of phenols is 1. The second-order valence-electron chi connectivity index (χ2n) is 4.94. The van der Waals surface area contributed by atoms with Gasteiger partial charge in [-0.1, -0.05) is 17.7 Å². The normalized spacial score (nSPS) is 10.6. The fourth-order valence-corrected chi connectivity index (χ4v) is 2.81. The van der Waals surface area contributed by atoms with Crippen LogP contribution >= 0.6 is 11.8 Å². The molecule has 0 aromatic heterocycles. The Kier molecular flexibility index (Phi) is 5.96. The standard InChI is InChI=1S/C17H21NO2S/c1-13-3-8-17(20)14(11-13)12-18-15-4-6-16(7-5-15)21-10-2-9-19/h3-8,11,18-20H,2,9-10,12H2,1H3. The van der Waals surface area contributed by atoms with Crippen LogP contribution < -0.4 is 5.32 Å². The van der Waals surface area contributed by atoms with Crippen LogP contribution in [0.5, 0.6) is 5.75 Å². The summed E-state index contributed by atoms with van der Waals surface area (Å²) in [6.45, 7) is 2.86. The van der Waals surface area contributed by atoms with Crippen molar-refractivity contribution in [1.82, 2.24) is 0 Å². The van der Waals surface area contributed by atoms with Gasteiger partial charge in [0.15, 0.2) is 0 Å². The highest BCUT2D eigenvalue weighted by atomic mass is 32.2. The summed E-state index contributed by atoms with van der Waals surface area (Å²) in [6.07, 6.45) is 0.817. The molecule has 0 saturated carbocycles. The van der Waals surface area contributed by atoms with Crippen molar-refractivity contribution in [2.45, 2.75) is 24.8 Å². The number of phenolic OH excluding ortho intramolecular Hbond substituents is 1. The van der Waals surface area contributed by atoms with E-state index in [1.165, 1.54) is 4.90 Å². The minimum Gasteiger partial charge on any atom is -0.508 e. The molecular formula is C17H21NO2S. The van der Waals surface area contributed by atoms with Gasteiger partial charge in [-0.15, -0.1) is 11.8 Å². The van der Waals surface area contributed by atoms with Crippen molar-refractivity contribution in [3.63, 3.8) is 0 Å². The fourth-order valence-electron chi connectivity index (χ4n) is 1.98. The van der Waals surface area contributed by atoms with Crippen molar-refractivity contribution in [2.24, 2.45) is 0 Å². The second kappa shape index (κ2) is 7.96. The van der Waals surface area contributed by atoms with Crippen LogP contribution in [0.1, 0.15) is 17.5 Å². The molecule has 0 fully saturated rings. The highest BCUT2D eigenvalue weighted by molar-refractivity contribution is 7.99. The molecule has 0 aliphatic carbocycles. The van der Waals surface area contributed by atoms with Gasteiger partial charge in [0.2, 0.25) is 0 Å². The van der Waals surface area contributed by atoms with Crippen LogP contribution in [0.4, 0.5) is 5.69 Å². The van der Waals surface area contributed by atoms with E-state index >= 15 is 0 Å². The van der Waals surface area contributed by atoms with E-state index in [0.29, 0.717) is 12.3 Å². The van der Waals surface area contributed by atoms with Gasteiger partial charge in [0.1, 0.15) is 5.75 Å². The molecule has 2 aromatic carbocycles. The number of anilines is 1. The van der Waals surface area contributed by atoms with Crippen molar-refractivity contribution < 1.29 is 10.2 Å². The lowest BCUT2D eigenvalue weighted by Crippen LogP contribution is -2.00. The van der Waals surface area contributed by atoms with E-state index in [0.717, 1.165) is 29.0 Å². The molecule has 0 aliphatic heterocycles. The number of aliphatic hydroxyl groups is 1. The first-order valence-corrected chi connectivity index (χ1v) is 8.03. The van der Waals surface area contributed by atoms with Crippen LogP contribution in [0, 0.1) is 6.92 Å². The monoisotopic (exact) mass is 303 g/mol. The molecule has 0 unspecified atom stereocenters. The Bertz CT molecular complexity index is 570. The van der Waals surface area contributed by atoms with Gasteiger partial charge in [0.25, 0.3) is 0 Å². The zero-order chi connectivity index (χ0) is 15.1. The highest BCUT2D eigenvalue weighted by Gasteiger charge is 2.01. The van der Waals surface area contributed by atoms with Gasteiger partial charge in [-0.2, -0.15) is 0 Å². The van der Waals surface area contributed by atoms with Gasteiger partial charge >= 0.3 is 0 Å². The maximum absolute atomic E-state index is 9.81. The van der Waals surface area contributed by atoms with Crippen molar-refractivity contribution >= 4 is 17.4 Å². The quantitative estimate of drug-likeness (QED) is 0.538. The van der Waals surface area contributed by atoms with E-state index < -0.39 is 0 Å². The van der Waals surface area contributed by atoms with E-state index in [-0.39, 0.29) is 6.61 Å². The Morgan fingerprint density at radius 1 is 1.10 bits per heavy atom. The van der Waals surface area contributed by atoms with Gasteiger partial charge in [-0.05, 0) is 43.7 Å². The second-order valence-corrected chi connectivity index (χ2v) is 6.10. The lowest BCUT2D eigenvalue weighted by molar-refractivity contribution is 0.296. The van der Waals surface area contributed by atoms with Crippen LogP contribution in [0.3, 0.4) is 0 Å². The van der Waals surface area contributed by atoms with Crippen molar-refractivity contribution in [1.29, 1.82) is 0 Å². The average Bonchev–Trinajstić information content (AvgIpc) is 2.50. The minimum absolute atomic E-state index is 0.243.